The van der Waals surface area contributed by atoms with Gasteiger partial charge in [0.05, 0.1) is 24.8 Å². The first kappa shape index (κ1) is 26.4. The van der Waals surface area contributed by atoms with Gasteiger partial charge in [-0.1, -0.05) is 48.0 Å². The van der Waals surface area contributed by atoms with Crippen LogP contribution in [-0.2, 0) is 20.6 Å². The molecule has 1 amide bonds. The van der Waals surface area contributed by atoms with E-state index in [2.05, 4.69) is 36.5 Å². The third kappa shape index (κ3) is 7.16. The lowest BCUT2D eigenvalue weighted by Crippen LogP contribution is -2.41. The van der Waals surface area contributed by atoms with E-state index in [1.165, 1.54) is 37.5 Å². The molecule has 3 rings (SSSR count). The molecule has 35 heavy (non-hydrogen) atoms. The maximum absolute atomic E-state index is 13.4. The van der Waals surface area contributed by atoms with Crippen LogP contribution >= 0.6 is 11.8 Å². The number of sulfonamides is 1. The Bertz CT molecular complexity index is 1220. The van der Waals surface area contributed by atoms with Gasteiger partial charge in [-0.15, -0.1) is 0 Å². The molecule has 0 bridgehead atoms. The molecule has 0 atom stereocenters. The molecule has 0 aliphatic heterocycles. The third-order valence-electron chi connectivity index (χ3n) is 5.23. The molecule has 0 aliphatic rings. The number of rotatable bonds is 12. The summed E-state index contributed by atoms with van der Waals surface area (Å²) in [5.41, 5.74) is 2.74. The number of carbonyl (C=O) groups is 1. The van der Waals surface area contributed by atoms with E-state index >= 15 is 0 Å². The Morgan fingerprint density at radius 1 is 0.943 bits per heavy atom. The SMILES string of the molecule is COc1ccc(N(CC(=O)NCCSCc2ccc(C)cc2)S(=O)(=O)c2ccccc2)cc1OC. The minimum atomic E-state index is -4.00. The number of benzene rings is 3. The average Bonchev–Trinajstić information content (AvgIpc) is 2.88. The van der Waals surface area contributed by atoms with Crippen molar-refractivity contribution in [1.29, 1.82) is 0 Å². The van der Waals surface area contributed by atoms with E-state index in [1.807, 2.05) is 0 Å². The summed E-state index contributed by atoms with van der Waals surface area (Å²) in [4.78, 5) is 12.9. The lowest BCUT2D eigenvalue weighted by atomic mass is 10.2. The summed E-state index contributed by atoms with van der Waals surface area (Å²) in [7, 11) is -1.03. The summed E-state index contributed by atoms with van der Waals surface area (Å²) in [5, 5.41) is 2.83. The first-order chi connectivity index (χ1) is 16.8. The summed E-state index contributed by atoms with van der Waals surface area (Å²) in [6.07, 6.45) is 0. The van der Waals surface area contributed by atoms with Gasteiger partial charge in [0, 0.05) is 24.1 Å². The van der Waals surface area contributed by atoms with Crippen LogP contribution in [0.3, 0.4) is 0 Å². The molecule has 9 heteroatoms. The fourth-order valence-electron chi connectivity index (χ4n) is 3.34. The number of nitrogens with zero attached hydrogens (tertiary/aromatic N) is 1. The Hall–Kier alpha value is -3.17. The van der Waals surface area contributed by atoms with Crippen LogP contribution in [0.5, 0.6) is 11.5 Å². The summed E-state index contributed by atoms with van der Waals surface area (Å²) in [6.45, 7) is 2.12. The Labute approximate surface area is 211 Å². The van der Waals surface area contributed by atoms with Crippen molar-refractivity contribution >= 4 is 33.4 Å². The lowest BCUT2D eigenvalue weighted by Gasteiger charge is -2.25. The second kappa shape index (κ2) is 12.5. The standard InChI is InChI=1S/C26H30N2O5S2/c1-20-9-11-21(12-10-20)19-34-16-15-27-26(29)18-28(35(30,31)23-7-5-4-6-8-23)22-13-14-24(32-2)25(17-22)33-3/h4-14,17H,15-16,18-19H2,1-3H3,(H,27,29). The number of nitrogens with one attached hydrogen (secondary N) is 1. The number of anilines is 1. The molecule has 1 N–H and O–H groups in total. The van der Waals surface area contributed by atoms with Crippen LogP contribution in [0, 0.1) is 6.92 Å². The van der Waals surface area contributed by atoms with Crippen molar-refractivity contribution in [2.24, 2.45) is 0 Å². The van der Waals surface area contributed by atoms with Gasteiger partial charge in [-0.05, 0) is 36.8 Å². The van der Waals surface area contributed by atoms with Gasteiger partial charge >= 0.3 is 0 Å². The second-order valence-electron chi connectivity index (χ2n) is 7.75. The summed E-state index contributed by atoms with van der Waals surface area (Å²) < 4.78 is 38.6. The monoisotopic (exact) mass is 514 g/mol. The third-order valence-corrected chi connectivity index (χ3v) is 8.05. The van der Waals surface area contributed by atoms with Gasteiger partial charge < -0.3 is 14.8 Å². The highest BCUT2D eigenvalue weighted by atomic mass is 32.2. The number of hydrogen-bond acceptors (Lipinski definition) is 6. The van der Waals surface area contributed by atoms with E-state index < -0.39 is 15.9 Å². The second-order valence-corrected chi connectivity index (χ2v) is 10.7. The minimum Gasteiger partial charge on any atom is -0.493 e. The fourth-order valence-corrected chi connectivity index (χ4v) is 5.59. The summed E-state index contributed by atoms with van der Waals surface area (Å²) in [5.74, 6) is 1.99. The molecule has 3 aromatic carbocycles. The molecule has 3 aromatic rings. The van der Waals surface area contributed by atoms with E-state index in [9.17, 15) is 13.2 Å². The van der Waals surface area contributed by atoms with Crippen molar-refractivity contribution in [3.63, 3.8) is 0 Å². The Morgan fingerprint density at radius 2 is 1.63 bits per heavy atom. The number of carbonyl (C=O) groups excluding carboxylic acids is 1. The van der Waals surface area contributed by atoms with E-state index in [1.54, 1.807) is 48.2 Å². The maximum atomic E-state index is 13.4. The first-order valence-electron chi connectivity index (χ1n) is 11.0. The molecule has 0 aliphatic carbocycles. The fraction of sp³-hybridized carbons (Fsp3) is 0.269. The molecule has 0 spiro atoms. The van der Waals surface area contributed by atoms with Gasteiger partial charge in [0.1, 0.15) is 6.54 Å². The number of ether oxygens (including phenoxy) is 2. The Kier molecular flexibility index (Phi) is 9.45. The van der Waals surface area contributed by atoms with Crippen molar-refractivity contribution in [3.05, 3.63) is 83.9 Å². The summed E-state index contributed by atoms with van der Waals surface area (Å²) in [6, 6.07) is 21.1. The topological polar surface area (TPSA) is 84.9 Å². The number of thioether (sulfide) groups is 1. The average molecular weight is 515 g/mol. The van der Waals surface area contributed by atoms with Crippen molar-refractivity contribution in [3.8, 4) is 11.5 Å². The molecule has 0 fully saturated rings. The van der Waals surface area contributed by atoms with Gasteiger partial charge in [-0.3, -0.25) is 9.10 Å². The maximum Gasteiger partial charge on any atom is 0.264 e. The summed E-state index contributed by atoms with van der Waals surface area (Å²) >= 11 is 1.70. The van der Waals surface area contributed by atoms with Crippen LogP contribution in [0.1, 0.15) is 11.1 Å². The number of amides is 1. The van der Waals surface area contributed by atoms with Crippen molar-refractivity contribution in [1.82, 2.24) is 5.32 Å². The van der Waals surface area contributed by atoms with Crippen molar-refractivity contribution in [2.45, 2.75) is 17.6 Å². The van der Waals surface area contributed by atoms with Crippen LogP contribution in [-0.4, -0.2) is 47.4 Å². The highest BCUT2D eigenvalue weighted by Gasteiger charge is 2.28. The van der Waals surface area contributed by atoms with Crippen molar-refractivity contribution < 1.29 is 22.7 Å². The molecular formula is C26H30N2O5S2. The van der Waals surface area contributed by atoms with Gasteiger partial charge in [-0.2, -0.15) is 11.8 Å². The predicted octanol–water partition coefficient (Wildman–Crippen LogP) is 4.26. The number of aryl methyl sites for hydroxylation is 1. The molecule has 0 radical (unpaired) electrons. The number of methoxy groups -OCH3 is 2. The quantitative estimate of drug-likeness (QED) is 0.364. The molecule has 186 valence electrons. The Balaban J connectivity index is 1.69. The van der Waals surface area contributed by atoms with Gasteiger partial charge in [0.2, 0.25) is 5.91 Å². The van der Waals surface area contributed by atoms with Gasteiger partial charge in [0.25, 0.3) is 10.0 Å². The highest BCUT2D eigenvalue weighted by Crippen LogP contribution is 2.33. The first-order valence-corrected chi connectivity index (χ1v) is 13.6. The minimum absolute atomic E-state index is 0.0937. The van der Waals surface area contributed by atoms with Crippen LogP contribution in [0.2, 0.25) is 0 Å². The largest absolute Gasteiger partial charge is 0.493 e. The normalized spacial score (nSPS) is 11.1. The van der Waals surface area contributed by atoms with Crippen LogP contribution in [0.15, 0.2) is 77.7 Å². The zero-order chi connectivity index (χ0) is 25.3. The van der Waals surface area contributed by atoms with Crippen LogP contribution in [0.25, 0.3) is 0 Å². The molecule has 0 heterocycles. The lowest BCUT2D eigenvalue weighted by molar-refractivity contribution is -0.119. The van der Waals surface area contributed by atoms with Crippen LogP contribution < -0.4 is 19.1 Å². The molecule has 0 saturated carbocycles. The zero-order valence-corrected chi connectivity index (χ0v) is 21.7. The van der Waals surface area contributed by atoms with Crippen molar-refractivity contribution in [2.75, 3.05) is 37.4 Å². The van der Waals surface area contributed by atoms with E-state index in [-0.39, 0.29) is 11.4 Å². The molecule has 0 unspecified atom stereocenters. The zero-order valence-electron chi connectivity index (χ0n) is 20.1. The Morgan fingerprint density at radius 3 is 2.29 bits per heavy atom. The van der Waals surface area contributed by atoms with Gasteiger partial charge in [-0.25, -0.2) is 8.42 Å². The molecular weight excluding hydrogens is 484 g/mol. The van der Waals surface area contributed by atoms with Gasteiger partial charge in [0.15, 0.2) is 11.5 Å². The smallest absolute Gasteiger partial charge is 0.264 e. The van der Waals surface area contributed by atoms with Crippen LogP contribution in [0.4, 0.5) is 5.69 Å². The number of hydrogen-bond donors (Lipinski definition) is 1. The van der Waals surface area contributed by atoms with E-state index in [4.69, 9.17) is 9.47 Å². The predicted molar refractivity (Wildman–Crippen MR) is 141 cm³/mol. The molecule has 0 saturated heterocycles. The molecule has 0 aromatic heterocycles. The highest BCUT2D eigenvalue weighted by molar-refractivity contribution is 7.98. The van der Waals surface area contributed by atoms with E-state index in [0.717, 1.165) is 10.1 Å². The van der Waals surface area contributed by atoms with E-state index in [0.29, 0.717) is 29.5 Å². The molecule has 7 nitrogen and oxygen atoms in total.